The van der Waals surface area contributed by atoms with E-state index in [-0.39, 0.29) is 6.03 Å². The minimum atomic E-state index is -0.0906. The second kappa shape index (κ2) is 10.2. The molecule has 0 unspecified atom stereocenters. The Labute approximate surface area is 161 Å². The summed E-state index contributed by atoms with van der Waals surface area (Å²) in [7, 11) is 1.79. The third kappa shape index (κ3) is 6.36. The molecule has 140 valence electrons. The molecule has 26 heavy (non-hydrogen) atoms. The molecule has 4 nitrogen and oxygen atoms in total. The van der Waals surface area contributed by atoms with E-state index in [9.17, 15) is 4.79 Å². The summed E-state index contributed by atoms with van der Waals surface area (Å²) < 4.78 is 0. The highest BCUT2D eigenvalue weighted by Crippen LogP contribution is 2.11. The first-order valence-electron chi connectivity index (χ1n) is 9.05. The minimum Gasteiger partial charge on any atom is -0.334 e. The van der Waals surface area contributed by atoms with Crippen molar-refractivity contribution in [2.75, 3.05) is 20.1 Å². The molecule has 2 aromatic rings. The zero-order valence-corrected chi connectivity index (χ0v) is 16.6. The van der Waals surface area contributed by atoms with E-state index < -0.39 is 0 Å². The van der Waals surface area contributed by atoms with Gasteiger partial charge >= 0.3 is 6.03 Å². The Morgan fingerprint density at radius 1 is 0.885 bits per heavy atom. The van der Waals surface area contributed by atoms with Crippen molar-refractivity contribution in [3.05, 3.63) is 70.2 Å². The van der Waals surface area contributed by atoms with Crippen LogP contribution in [0.1, 0.15) is 30.5 Å². The van der Waals surface area contributed by atoms with Crippen molar-refractivity contribution in [3.8, 4) is 0 Å². The van der Waals surface area contributed by atoms with Crippen LogP contribution in [0.4, 0.5) is 4.79 Å². The smallest absolute Gasteiger partial charge is 0.317 e. The van der Waals surface area contributed by atoms with Gasteiger partial charge in [0, 0.05) is 31.7 Å². The zero-order chi connectivity index (χ0) is 18.9. The molecule has 0 heterocycles. The number of nitrogens with zero attached hydrogens (tertiary/aromatic N) is 2. The molecule has 0 aliphatic rings. The maximum atomic E-state index is 12.3. The number of hydrogen-bond donors (Lipinski definition) is 1. The fourth-order valence-electron chi connectivity index (χ4n) is 2.72. The summed E-state index contributed by atoms with van der Waals surface area (Å²) in [6.45, 7) is 8.48. The number of hydrogen-bond acceptors (Lipinski definition) is 2. The predicted octanol–water partition coefficient (Wildman–Crippen LogP) is 4.52. The van der Waals surface area contributed by atoms with E-state index in [0.717, 1.165) is 30.8 Å². The van der Waals surface area contributed by atoms with Gasteiger partial charge in [-0.25, -0.2) is 4.79 Å². The highest BCUT2D eigenvalue weighted by molar-refractivity contribution is 6.30. The SMILES string of the molecule is CCN(CC)Cc1ccc(CNC(=O)N(C)Cc2ccc(Cl)cc2)cc1. The maximum absolute atomic E-state index is 12.3. The number of carbonyl (C=O) groups is 1. The molecule has 2 amide bonds. The number of urea groups is 1. The van der Waals surface area contributed by atoms with Crippen LogP contribution in [-0.2, 0) is 19.6 Å². The summed E-state index contributed by atoms with van der Waals surface area (Å²) >= 11 is 5.89. The van der Waals surface area contributed by atoms with Gasteiger partial charge in [-0.1, -0.05) is 61.8 Å². The normalized spacial score (nSPS) is 10.8. The summed E-state index contributed by atoms with van der Waals surface area (Å²) in [4.78, 5) is 16.3. The Hall–Kier alpha value is -2.04. The molecule has 1 N–H and O–H groups in total. The van der Waals surface area contributed by atoms with E-state index in [4.69, 9.17) is 11.6 Å². The molecule has 0 spiro atoms. The van der Waals surface area contributed by atoms with Gasteiger partial charge in [0.15, 0.2) is 0 Å². The molecule has 0 atom stereocenters. The largest absolute Gasteiger partial charge is 0.334 e. The van der Waals surface area contributed by atoms with Crippen molar-refractivity contribution in [1.82, 2.24) is 15.1 Å². The number of benzene rings is 2. The van der Waals surface area contributed by atoms with Gasteiger partial charge in [0.1, 0.15) is 0 Å². The minimum absolute atomic E-state index is 0.0906. The van der Waals surface area contributed by atoms with E-state index in [2.05, 4.69) is 48.3 Å². The lowest BCUT2D eigenvalue weighted by Gasteiger charge is -2.19. The molecular weight excluding hydrogens is 346 g/mol. The van der Waals surface area contributed by atoms with Crippen molar-refractivity contribution in [1.29, 1.82) is 0 Å². The Morgan fingerprint density at radius 2 is 1.38 bits per heavy atom. The van der Waals surface area contributed by atoms with E-state index in [1.807, 2.05) is 24.3 Å². The second-order valence-electron chi connectivity index (χ2n) is 6.42. The average molecular weight is 374 g/mol. The lowest BCUT2D eigenvalue weighted by molar-refractivity contribution is 0.206. The quantitative estimate of drug-likeness (QED) is 0.738. The molecule has 0 saturated heterocycles. The summed E-state index contributed by atoms with van der Waals surface area (Å²) in [6, 6.07) is 15.9. The highest BCUT2D eigenvalue weighted by atomic mass is 35.5. The Kier molecular flexibility index (Phi) is 7.95. The van der Waals surface area contributed by atoms with E-state index in [1.165, 1.54) is 5.56 Å². The molecule has 2 aromatic carbocycles. The highest BCUT2D eigenvalue weighted by Gasteiger charge is 2.09. The number of carbonyl (C=O) groups excluding carboxylic acids is 1. The van der Waals surface area contributed by atoms with Gasteiger partial charge in [0.2, 0.25) is 0 Å². The van der Waals surface area contributed by atoms with E-state index in [1.54, 1.807) is 11.9 Å². The summed E-state index contributed by atoms with van der Waals surface area (Å²) in [5.74, 6) is 0. The maximum Gasteiger partial charge on any atom is 0.317 e. The van der Waals surface area contributed by atoms with Gasteiger partial charge in [0.05, 0.1) is 0 Å². The first-order valence-corrected chi connectivity index (χ1v) is 9.43. The molecule has 2 rings (SSSR count). The molecule has 0 aliphatic heterocycles. The number of halogens is 1. The van der Waals surface area contributed by atoms with E-state index >= 15 is 0 Å². The van der Waals surface area contributed by atoms with Crippen molar-refractivity contribution < 1.29 is 4.79 Å². The van der Waals surface area contributed by atoms with Gasteiger partial charge in [-0.3, -0.25) is 4.90 Å². The molecule has 0 fully saturated rings. The monoisotopic (exact) mass is 373 g/mol. The molecule has 0 radical (unpaired) electrons. The summed E-state index contributed by atoms with van der Waals surface area (Å²) in [5, 5.41) is 3.66. The third-order valence-corrected chi connectivity index (χ3v) is 4.70. The molecule has 0 aliphatic carbocycles. The molecule has 0 saturated carbocycles. The van der Waals surface area contributed by atoms with Crippen LogP contribution in [0.5, 0.6) is 0 Å². The van der Waals surface area contributed by atoms with Crippen molar-refractivity contribution in [2.24, 2.45) is 0 Å². The second-order valence-corrected chi connectivity index (χ2v) is 6.86. The van der Waals surface area contributed by atoms with Gasteiger partial charge < -0.3 is 10.2 Å². The van der Waals surface area contributed by atoms with Gasteiger partial charge in [0.25, 0.3) is 0 Å². The van der Waals surface area contributed by atoms with Gasteiger partial charge in [-0.05, 0) is 41.9 Å². The molecule has 5 heteroatoms. The van der Waals surface area contributed by atoms with Crippen molar-refractivity contribution >= 4 is 17.6 Å². The van der Waals surface area contributed by atoms with Crippen LogP contribution >= 0.6 is 11.6 Å². The van der Waals surface area contributed by atoms with Crippen LogP contribution in [0, 0.1) is 0 Å². The van der Waals surface area contributed by atoms with Gasteiger partial charge in [-0.2, -0.15) is 0 Å². The fourth-order valence-corrected chi connectivity index (χ4v) is 2.84. The first-order chi connectivity index (χ1) is 12.5. The zero-order valence-electron chi connectivity index (χ0n) is 15.8. The van der Waals surface area contributed by atoms with Crippen LogP contribution in [0.25, 0.3) is 0 Å². The molecule has 0 aromatic heterocycles. The van der Waals surface area contributed by atoms with Crippen LogP contribution < -0.4 is 5.32 Å². The fraction of sp³-hybridized carbons (Fsp3) is 0.381. The topological polar surface area (TPSA) is 35.6 Å². The molecule has 0 bridgehead atoms. The molecular formula is C21H28ClN3O. The Balaban J connectivity index is 1.81. The van der Waals surface area contributed by atoms with Crippen LogP contribution in [0.15, 0.2) is 48.5 Å². The lowest BCUT2D eigenvalue weighted by Crippen LogP contribution is -2.36. The number of rotatable bonds is 8. The van der Waals surface area contributed by atoms with Gasteiger partial charge in [-0.15, -0.1) is 0 Å². The summed E-state index contributed by atoms with van der Waals surface area (Å²) in [5.41, 5.74) is 3.44. The van der Waals surface area contributed by atoms with Crippen molar-refractivity contribution in [3.63, 3.8) is 0 Å². The lowest BCUT2D eigenvalue weighted by atomic mass is 10.1. The summed E-state index contributed by atoms with van der Waals surface area (Å²) in [6.07, 6.45) is 0. The third-order valence-electron chi connectivity index (χ3n) is 4.45. The average Bonchev–Trinajstić information content (AvgIpc) is 2.66. The number of nitrogens with one attached hydrogen (secondary N) is 1. The predicted molar refractivity (Wildman–Crippen MR) is 108 cm³/mol. The number of amides is 2. The van der Waals surface area contributed by atoms with Crippen molar-refractivity contribution in [2.45, 2.75) is 33.5 Å². The van der Waals surface area contributed by atoms with Crippen LogP contribution in [-0.4, -0.2) is 36.0 Å². The Bertz CT molecular complexity index is 681. The van der Waals surface area contributed by atoms with E-state index in [0.29, 0.717) is 18.1 Å². The standard InChI is InChI=1S/C21H28ClN3O/c1-4-25(5-2)16-19-8-6-17(7-9-19)14-23-21(26)24(3)15-18-10-12-20(22)13-11-18/h6-13H,4-5,14-16H2,1-3H3,(H,23,26). The first kappa shape index (κ1) is 20.3. The van der Waals surface area contributed by atoms with Crippen LogP contribution in [0.3, 0.4) is 0 Å². The van der Waals surface area contributed by atoms with Crippen LogP contribution in [0.2, 0.25) is 5.02 Å². The Morgan fingerprint density at radius 3 is 1.96 bits per heavy atom.